The highest BCUT2D eigenvalue weighted by atomic mass is 19.3. The molecular formula is C20H24F2N4O2. The van der Waals surface area contributed by atoms with Gasteiger partial charge in [-0.15, -0.1) is 5.10 Å². The van der Waals surface area contributed by atoms with Crippen molar-refractivity contribution < 1.29 is 18.3 Å². The van der Waals surface area contributed by atoms with Gasteiger partial charge in [0.1, 0.15) is 0 Å². The lowest BCUT2D eigenvalue weighted by molar-refractivity contribution is -0.161. The summed E-state index contributed by atoms with van der Waals surface area (Å²) in [6, 6.07) is 3.76. The lowest BCUT2D eigenvalue weighted by atomic mass is 9.80. The number of piperidine rings is 1. The summed E-state index contributed by atoms with van der Waals surface area (Å²) in [5.74, 6) is -1.74. The maximum atomic E-state index is 13.0. The first-order valence-corrected chi connectivity index (χ1v) is 10.1. The van der Waals surface area contributed by atoms with E-state index < -0.39 is 11.8 Å². The minimum absolute atomic E-state index is 0.107. The zero-order chi connectivity index (χ0) is 19.3. The van der Waals surface area contributed by atoms with Gasteiger partial charge in [-0.3, -0.25) is 4.79 Å². The average Bonchev–Trinajstić information content (AvgIpc) is 3.43. The summed E-state index contributed by atoms with van der Waals surface area (Å²) < 4.78 is 33.6. The number of likely N-dealkylation sites (tertiary alicyclic amines) is 1. The van der Waals surface area contributed by atoms with Gasteiger partial charge in [0.15, 0.2) is 5.65 Å². The summed E-state index contributed by atoms with van der Waals surface area (Å²) >= 11 is 0. The van der Waals surface area contributed by atoms with Crippen molar-refractivity contribution in [3.63, 3.8) is 0 Å². The molecule has 6 nitrogen and oxygen atoms in total. The van der Waals surface area contributed by atoms with E-state index in [1.165, 1.54) is 12.8 Å². The first kappa shape index (κ1) is 17.8. The van der Waals surface area contributed by atoms with E-state index >= 15 is 0 Å². The fraction of sp³-hybridized carbons (Fsp3) is 0.650. The van der Waals surface area contributed by atoms with Crippen LogP contribution in [0.2, 0.25) is 0 Å². The number of nitrogens with zero attached hydrogens (tertiary/aromatic N) is 4. The Hall–Kier alpha value is -2.25. The normalized spacial score (nSPS) is 23.0. The van der Waals surface area contributed by atoms with Crippen LogP contribution in [0.4, 0.5) is 8.78 Å². The minimum Gasteiger partial charge on any atom is -0.476 e. The molecule has 3 aliphatic rings. The molecule has 28 heavy (non-hydrogen) atoms. The zero-order valence-corrected chi connectivity index (χ0v) is 15.7. The quantitative estimate of drug-likeness (QED) is 0.786. The molecule has 5 rings (SSSR count). The van der Waals surface area contributed by atoms with E-state index in [0.29, 0.717) is 37.4 Å². The summed E-state index contributed by atoms with van der Waals surface area (Å²) in [7, 11) is 0. The molecule has 2 saturated carbocycles. The van der Waals surface area contributed by atoms with Gasteiger partial charge in [0.25, 0.3) is 0 Å². The number of amides is 1. The van der Waals surface area contributed by atoms with Crippen molar-refractivity contribution in [1.82, 2.24) is 19.5 Å². The molecule has 3 heterocycles. The molecule has 0 N–H and O–H groups in total. The van der Waals surface area contributed by atoms with E-state index in [9.17, 15) is 13.6 Å². The van der Waals surface area contributed by atoms with Gasteiger partial charge in [-0.05, 0) is 37.7 Å². The Labute approximate surface area is 161 Å². The average molecular weight is 390 g/mol. The van der Waals surface area contributed by atoms with Gasteiger partial charge < -0.3 is 9.64 Å². The molecule has 0 unspecified atom stereocenters. The molecule has 150 valence electrons. The van der Waals surface area contributed by atoms with E-state index in [0.717, 1.165) is 24.2 Å². The van der Waals surface area contributed by atoms with Gasteiger partial charge >= 0.3 is 0 Å². The summed E-state index contributed by atoms with van der Waals surface area (Å²) in [6.45, 7) is 1.79. The highest BCUT2D eigenvalue weighted by molar-refractivity contribution is 5.80. The number of halogens is 2. The molecule has 2 aliphatic carbocycles. The van der Waals surface area contributed by atoms with E-state index in [-0.39, 0.29) is 18.7 Å². The second kappa shape index (κ2) is 6.67. The lowest BCUT2D eigenvalue weighted by Crippen LogP contribution is -2.49. The highest BCUT2D eigenvalue weighted by Gasteiger charge is 2.49. The molecule has 2 aromatic heterocycles. The van der Waals surface area contributed by atoms with E-state index in [1.54, 1.807) is 9.42 Å². The maximum Gasteiger partial charge on any atom is 0.249 e. The predicted molar refractivity (Wildman–Crippen MR) is 97.4 cm³/mol. The number of fused-ring (bicyclic) bond motifs is 1. The summed E-state index contributed by atoms with van der Waals surface area (Å²) in [4.78, 5) is 18.6. The Kier molecular flexibility index (Phi) is 4.25. The molecule has 8 heteroatoms. The molecule has 3 fully saturated rings. The SMILES string of the molecule is O=C(C1CC(F)(F)C1)N1CCC(COc2ccc3nc(C4CC4)cn3n2)CC1. The summed E-state index contributed by atoms with van der Waals surface area (Å²) in [5, 5.41) is 4.49. The maximum absolute atomic E-state index is 13.0. The van der Waals surface area contributed by atoms with Crippen LogP contribution >= 0.6 is 0 Å². The Balaban J connectivity index is 1.11. The van der Waals surface area contributed by atoms with Crippen molar-refractivity contribution in [2.45, 2.75) is 50.4 Å². The number of alkyl halides is 2. The van der Waals surface area contributed by atoms with Gasteiger partial charge in [-0.2, -0.15) is 0 Å². The molecule has 0 radical (unpaired) electrons. The fourth-order valence-electron chi connectivity index (χ4n) is 4.15. The van der Waals surface area contributed by atoms with Gasteiger partial charge in [0.2, 0.25) is 17.7 Å². The van der Waals surface area contributed by atoms with Crippen molar-refractivity contribution in [2.24, 2.45) is 11.8 Å². The number of carbonyl (C=O) groups excluding carboxylic acids is 1. The van der Waals surface area contributed by atoms with Crippen LogP contribution in [0.1, 0.15) is 50.1 Å². The number of hydrogen-bond acceptors (Lipinski definition) is 4. The number of imidazole rings is 1. The van der Waals surface area contributed by atoms with Gasteiger partial charge in [-0.1, -0.05) is 0 Å². The lowest BCUT2D eigenvalue weighted by Gasteiger charge is -2.39. The van der Waals surface area contributed by atoms with Crippen molar-refractivity contribution in [3.8, 4) is 5.88 Å². The van der Waals surface area contributed by atoms with E-state index in [2.05, 4.69) is 10.1 Å². The number of aromatic nitrogens is 3. The molecule has 0 bridgehead atoms. The standard InChI is InChI=1S/C20H24F2N4O2/c21-20(22)9-15(10-20)19(27)25-7-5-13(6-8-25)12-28-18-4-3-17-23-16(14-1-2-14)11-26(17)24-18/h3-4,11,13-15H,1-2,5-10,12H2. The topological polar surface area (TPSA) is 59.7 Å². The van der Waals surface area contributed by atoms with Gasteiger partial charge in [0, 0.05) is 43.8 Å². The second-order valence-electron chi connectivity index (χ2n) is 8.46. The number of carbonyl (C=O) groups is 1. The van der Waals surface area contributed by atoms with Crippen LogP contribution in [0.3, 0.4) is 0 Å². The zero-order valence-electron chi connectivity index (χ0n) is 15.7. The fourth-order valence-corrected chi connectivity index (χ4v) is 4.15. The Bertz CT molecular complexity index is 879. The molecule has 0 aromatic carbocycles. The Morgan fingerprint density at radius 1 is 1.18 bits per heavy atom. The predicted octanol–water partition coefficient (Wildman–Crippen LogP) is 3.27. The van der Waals surface area contributed by atoms with Gasteiger partial charge in [-0.25, -0.2) is 18.3 Å². The van der Waals surface area contributed by atoms with Crippen molar-refractivity contribution in [2.75, 3.05) is 19.7 Å². The molecule has 2 aromatic rings. The highest BCUT2D eigenvalue weighted by Crippen LogP contribution is 2.43. The molecule has 1 aliphatic heterocycles. The third-order valence-electron chi connectivity index (χ3n) is 6.14. The monoisotopic (exact) mass is 390 g/mol. The molecule has 1 saturated heterocycles. The van der Waals surface area contributed by atoms with Crippen molar-refractivity contribution >= 4 is 11.6 Å². The van der Waals surface area contributed by atoms with Crippen LogP contribution in [-0.4, -0.2) is 51.0 Å². The molecular weight excluding hydrogens is 366 g/mol. The Morgan fingerprint density at radius 2 is 1.93 bits per heavy atom. The minimum atomic E-state index is -2.64. The van der Waals surface area contributed by atoms with Crippen molar-refractivity contribution in [1.29, 1.82) is 0 Å². The first-order chi connectivity index (χ1) is 13.5. The number of hydrogen-bond donors (Lipinski definition) is 0. The van der Waals surface area contributed by atoms with Crippen LogP contribution in [-0.2, 0) is 4.79 Å². The smallest absolute Gasteiger partial charge is 0.249 e. The van der Waals surface area contributed by atoms with E-state index in [4.69, 9.17) is 4.74 Å². The second-order valence-corrected chi connectivity index (χ2v) is 8.46. The van der Waals surface area contributed by atoms with Crippen LogP contribution in [0.5, 0.6) is 5.88 Å². The number of ether oxygens (including phenoxy) is 1. The molecule has 1 amide bonds. The molecule has 0 spiro atoms. The van der Waals surface area contributed by atoms with Crippen LogP contribution < -0.4 is 4.74 Å². The van der Waals surface area contributed by atoms with Crippen LogP contribution in [0, 0.1) is 11.8 Å². The van der Waals surface area contributed by atoms with Crippen LogP contribution in [0.15, 0.2) is 18.3 Å². The largest absolute Gasteiger partial charge is 0.476 e. The van der Waals surface area contributed by atoms with Gasteiger partial charge in [0.05, 0.1) is 18.5 Å². The molecule has 0 atom stereocenters. The third-order valence-corrected chi connectivity index (χ3v) is 6.14. The third kappa shape index (κ3) is 3.56. The van der Waals surface area contributed by atoms with E-state index in [1.807, 2.05) is 18.3 Å². The van der Waals surface area contributed by atoms with Crippen LogP contribution in [0.25, 0.3) is 5.65 Å². The van der Waals surface area contributed by atoms with Crippen molar-refractivity contribution in [3.05, 3.63) is 24.0 Å². The first-order valence-electron chi connectivity index (χ1n) is 10.1. The Morgan fingerprint density at radius 3 is 2.61 bits per heavy atom. The number of rotatable bonds is 5. The summed E-state index contributed by atoms with van der Waals surface area (Å²) in [5.41, 5.74) is 1.94. The summed E-state index contributed by atoms with van der Waals surface area (Å²) in [6.07, 6.45) is 5.46.